The molecule has 2 aromatic carbocycles. The highest BCUT2D eigenvalue weighted by molar-refractivity contribution is 7.12. The van der Waals surface area contributed by atoms with Crippen LogP contribution in [0.4, 0.5) is 0 Å². The highest BCUT2D eigenvalue weighted by Crippen LogP contribution is 2.20. The van der Waals surface area contributed by atoms with Crippen LogP contribution < -0.4 is 10.9 Å². The third-order valence-electron chi connectivity index (χ3n) is 3.78. The molecule has 122 valence electrons. The summed E-state index contributed by atoms with van der Waals surface area (Å²) in [6, 6.07) is 15.7. The van der Waals surface area contributed by atoms with E-state index in [1.165, 1.54) is 0 Å². The molecule has 2 amide bonds. The molecule has 0 atom stereocenters. The number of nitrogens with one attached hydrogen (secondary N) is 2. The van der Waals surface area contributed by atoms with Crippen LogP contribution in [0.3, 0.4) is 0 Å². The van der Waals surface area contributed by atoms with Crippen molar-refractivity contribution < 1.29 is 9.59 Å². The van der Waals surface area contributed by atoms with Gasteiger partial charge in [-0.25, -0.2) is 0 Å². The largest absolute Gasteiger partial charge is 0.273 e. The van der Waals surface area contributed by atoms with E-state index in [-0.39, 0.29) is 18.2 Å². The van der Waals surface area contributed by atoms with Gasteiger partial charge in [-0.3, -0.25) is 20.4 Å². The number of hydrogen-bond acceptors (Lipinski definition) is 3. The molecular formula is C19H18N2O2S. The van der Waals surface area contributed by atoms with Gasteiger partial charge in [0.1, 0.15) is 0 Å². The zero-order valence-electron chi connectivity index (χ0n) is 13.6. The molecule has 4 nitrogen and oxygen atoms in total. The average molecular weight is 338 g/mol. The Morgan fingerprint density at radius 3 is 2.42 bits per heavy atom. The summed E-state index contributed by atoms with van der Waals surface area (Å²) in [5.74, 6) is -0.535. The minimum atomic E-state index is -0.288. The van der Waals surface area contributed by atoms with Crippen LogP contribution >= 0.6 is 11.3 Å². The third kappa shape index (κ3) is 3.63. The van der Waals surface area contributed by atoms with E-state index in [1.807, 2.05) is 62.4 Å². The summed E-state index contributed by atoms with van der Waals surface area (Å²) in [7, 11) is 0. The van der Waals surface area contributed by atoms with E-state index in [9.17, 15) is 9.59 Å². The van der Waals surface area contributed by atoms with Gasteiger partial charge < -0.3 is 0 Å². The number of rotatable bonds is 3. The van der Waals surface area contributed by atoms with Crippen LogP contribution in [0.15, 0.2) is 48.5 Å². The van der Waals surface area contributed by atoms with Crippen LogP contribution in [0.5, 0.6) is 0 Å². The number of carbonyl (C=O) groups excluding carboxylic acids is 2. The molecule has 0 spiro atoms. The molecule has 0 aliphatic heterocycles. The van der Waals surface area contributed by atoms with Crippen LogP contribution in [0.25, 0.3) is 10.8 Å². The maximum absolute atomic E-state index is 12.1. The summed E-state index contributed by atoms with van der Waals surface area (Å²) < 4.78 is 0. The van der Waals surface area contributed by atoms with Crippen molar-refractivity contribution in [2.75, 3.05) is 0 Å². The molecule has 0 bridgehead atoms. The molecule has 2 N–H and O–H groups in total. The minimum Gasteiger partial charge on any atom is -0.273 e. The Balaban J connectivity index is 1.60. The van der Waals surface area contributed by atoms with Gasteiger partial charge in [-0.1, -0.05) is 42.5 Å². The first-order chi connectivity index (χ1) is 11.5. The lowest BCUT2D eigenvalue weighted by Gasteiger charge is -2.08. The number of amides is 2. The number of benzene rings is 2. The standard InChI is InChI=1S/C19H18N2O2S/c1-12-9-17(13(2)24-12)19(23)21-20-18(22)11-14-7-8-15-5-3-4-6-16(15)10-14/h3-10H,11H2,1-2H3,(H,20,22)(H,21,23). The summed E-state index contributed by atoms with van der Waals surface area (Å²) in [5.41, 5.74) is 6.46. The monoisotopic (exact) mass is 338 g/mol. The quantitative estimate of drug-likeness (QED) is 0.718. The first-order valence-electron chi connectivity index (χ1n) is 7.67. The summed E-state index contributed by atoms with van der Waals surface area (Å²) in [6.45, 7) is 3.84. The first kappa shape index (κ1) is 16.2. The molecule has 3 rings (SSSR count). The van der Waals surface area contributed by atoms with Crippen molar-refractivity contribution >= 4 is 33.9 Å². The van der Waals surface area contributed by atoms with Crippen LogP contribution in [-0.4, -0.2) is 11.8 Å². The summed E-state index contributed by atoms with van der Waals surface area (Å²) in [6.07, 6.45) is 0.215. The van der Waals surface area contributed by atoms with Gasteiger partial charge >= 0.3 is 0 Å². The first-order valence-corrected chi connectivity index (χ1v) is 8.48. The van der Waals surface area contributed by atoms with Gasteiger partial charge in [0.25, 0.3) is 5.91 Å². The van der Waals surface area contributed by atoms with Crippen LogP contribution in [0.1, 0.15) is 25.7 Å². The molecule has 0 unspecified atom stereocenters. The van der Waals surface area contributed by atoms with Gasteiger partial charge in [0.15, 0.2) is 0 Å². The highest BCUT2D eigenvalue weighted by atomic mass is 32.1. The number of carbonyl (C=O) groups is 2. The van der Waals surface area contributed by atoms with Crippen molar-refractivity contribution in [1.82, 2.24) is 10.9 Å². The van der Waals surface area contributed by atoms with Gasteiger partial charge in [-0.2, -0.15) is 0 Å². The molecular weight excluding hydrogens is 320 g/mol. The molecule has 0 radical (unpaired) electrons. The minimum absolute atomic E-state index is 0.215. The predicted octanol–water partition coefficient (Wildman–Crippen LogP) is 3.52. The van der Waals surface area contributed by atoms with E-state index in [4.69, 9.17) is 0 Å². The maximum Gasteiger partial charge on any atom is 0.270 e. The van der Waals surface area contributed by atoms with Crippen molar-refractivity contribution in [2.24, 2.45) is 0 Å². The van der Waals surface area contributed by atoms with E-state index in [1.54, 1.807) is 11.3 Å². The molecule has 5 heteroatoms. The maximum atomic E-state index is 12.1. The lowest BCUT2D eigenvalue weighted by molar-refractivity contribution is -0.121. The van der Waals surface area contributed by atoms with Crippen LogP contribution in [0, 0.1) is 13.8 Å². The SMILES string of the molecule is Cc1cc(C(=O)NNC(=O)Cc2ccc3ccccc3c2)c(C)s1. The number of hydrogen-bond donors (Lipinski definition) is 2. The van der Waals surface area contributed by atoms with Crippen LogP contribution in [-0.2, 0) is 11.2 Å². The summed E-state index contributed by atoms with van der Waals surface area (Å²) >= 11 is 1.56. The van der Waals surface area contributed by atoms with Crippen molar-refractivity contribution in [3.63, 3.8) is 0 Å². The lowest BCUT2D eigenvalue weighted by atomic mass is 10.1. The predicted molar refractivity (Wildman–Crippen MR) is 97.1 cm³/mol. The second kappa shape index (κ2) is 6.84. The number of fused-ring (bicyclic) bond motifs is 1. The number of thiophene rings is 1. The molecule has 24 heavy (non-hydrogen) atoms. The van der Waals surface area contributed by atoms with Crippen molar-refractivity contribution in [3.05, 3.63) is 69.4 Å². The molecule has 0 saturated carbocycles. The molecule has 0 saturated heterocycles. The Labute approximate surface area is 144 Å². The third-order valence-corrected chi connectivity index (χ3v) is 4.75. The molecule has 3 aromatic rings. The van der Waals surface area contributed by atoms with E-state index < -0.39 is 0 Å². The van der Waals surface area contributed by atoms with Crippen molar-refractivity contribution in [3.8, 4) is 0 Å². The van der Waals surface area contributed by atoms with Crippen molar-refractivity contribution in [1.29, 1.82) is 0 Å². The number of hydrazine groups is 1. The van der Waals surface area contributed by atoms with E-state index >= 15 is 0 Å². The zero-order valence-corrected chi connectivity index (χ0v) is 14.4. The summed E-state index contributed by atoms with van der Waals surface area (Å²) in [4.78, 5) is 26.2. The smallest absolute Gasteiger partial charge is 0.270 e. The topological polar surface area (TPSA) is 58.2 Å². The Bertz CT molecular complexity index is 915. The second-order valence-electron chi connectivity index (χ2n) is 5.69. The Kier molecular flexibility index (Phi) is 4.62. The zero-order chi connectivity index (χ0) is 17.1. The summed E-state index contributed by atoms with van der Waals surface area (Å²) in [5, 5.41) is 2.23. The van der Waals surface area contributed by atoms with Crippen LogP contribution in [0.2, 0.25) is 0 Å². The Morgan fingerprint density at radius 2 is 1.71 bits per heavy atom. The molecule has 0 fully saturated rings. The molecule has 0 aliphatic carbocycles. The average Bonchev–Trinajstić information content (AvgIpc) is 2.91. The van der Waals surface area contributed by atoms with Gasteiger partial charge in [0.2, 0.25) is 5.91 Å². The molecule has 1 heterocycles. The second-order valence-corrected chi connectivity index (χ2v) is 7.15. The number of aryl methyl sites for hydroxylation is 2. The van der Waals surface area contributed by atoms with Gasteiger partial charge in [0.05, 0.1) is 12.0 Å². The lowest BCUT2D eigenvalue weighted by Crippen LogP contribution is -2.42. The highest BCUT2D eigenvalue weighted by Gasteiger charge is 2.12. The van der Waals surface area contributed by atoms with E-state index in [0.717, 1.165) is 26.1 Å². The van der Waals surface area contributed by atoms with Gasteiger partial charge in [-0.05, 0) is 36.2 Å². The fraction of sp³-hybridized carbons (Fsp3) is 0.158. The van der Waals surface area contributed by atoms with Crippen molar-refractivity contribution in [2.45, 2.75) is 20.3 Å². The fourth-order valence-corrected chi connectivity index (χ4v) is 3.55. The van der Waals surface area contributed by atoms with E-state index in [2.05, 4.69) is 10.9 Å². The van der Waals surface area contributed by atoms with Gasteiger partial charge in [-0.15, -0.1) is 11.3 Å². The van der Waals surface area contributed by atoms with E-state index in [0.29, 0.717) is 5.56 Å². The Morgan fingerprint density at radius 1 is 0.958 bits per heavy atom. The normalized spacial score (nSPS) is 10.6. The Hall–Kier alpha value is -2.66. The van der Waals surface area contributed by atoms with Gasteiger partial charge in [0, 0.05) is 9.75 Å². The fourth-order valence-electron chi connectivity index (χ4n) is 2.63. The molecule has 0 aliphatic rings. The molecule has 1 aromatic heterocycles.